The summed E-state index contributed by atoms with van der Waals surface area (Å²) in [6.07, 6.45) is 1.01. The number of aromatic nitrogens is 1. The van der Waals surface area contributed by atoms with Gasteiger partial charge >= 0.3 is 0 Å². The fourth-order valence-corrected chi connectivity index (χ4v) is 3.53. The summed E-state index contributed by atoms with van der Waals surface area (Å²) in [6, 6.07) is 8.90. The van der Waals surface area contributed by atoms with Crippen LogP contribution in [0.4, 0.5) is 0 Å². The third kappa shape index (κ3) is 3.21. The zero-order valence-corrected chi connectivity index (χ0v) is 14.7. The van der Waals surface area contributed by atoms with Crippen LogP contribution in [0.3, 0.4) is 0 Å². The molecule has 114 valence electrons. The minimum absolute atomic E-state index is 0. The molecule has 0 radical (unpaired) electrons. The Morgan fingerprint density at radius 1 is 1.43 bits per heavy atom. The van der Waals surface area contributed by atoms with Crippen LogP contribution in [0, 0.1) is 0 Å². The van der Waals surface area contributed by atoms with Crippen molar-refractivity contribution in [3.05, 3.63) is 35.5 Å². The summed E-state index contributed by atoms with van der Waals surface area (Å²) >= 11 is 9.72. The van der Waals surface area contributed by atoms with Gasteiger partial charge in [-0.2, -0.15) is 0 Å². The van der Waals surface area contributed by atoms with Crippen LogP contribution in [0.5, 0.6) is 0 Å². The van der Waals surface area contributed by atoms with Gasteiger partial charge in [-0.1, -0.05) is 30.4 Å². The Morgan fingerprint density at radius 3 is 2.81 bits per heavy atom. The lowest BCUT2D eigenvalue weighted by atomic mass is 9.97. The molecule has 1 N–H and O–H groups in total. The van der Waals surface area contributed by atoms with Crippen LogP contribution in [0.2, 0.25) is 0 Å². The number of nitrogens with zero attached hydrogens (tertiary/aromatic N) is 2. The number of aromatic amines is 1. The summed E-state index contributed by atoms with van der Waals surface area (Å²) in [6.45, 7) is 1.81. The van der Waals surface area contributed by atoms with Gasteiger partial charge in [0.25, 0.3) is 0 Å². The lowest BCUT2D eigenvalue weighted by Gasteiger charge is -2.37. The third-order valence-corrected chi connectivity index (χ3v) is 4.42. The molecule has 2 heterocycles. The van der Waals surface area contributed by atoms with Crippen molar-refractivity contribution < 1.29 is 0 Å². The average molecular weight is 342 g/mol. The van der Waals surface area contributed by atoms with Gasteiger partial charge in [0.05, 0.1) is 6.54 Å². The van der Waals surface area contributed by atoms with E-state index in [0.29, 0.717) is 10.4 Å². The van der Waals surface area contributed by atoms with Crippen LogP contribution in [-0.4, -0.2) is 45.8 Å². The van der Waals surface area contributed by atoms with Crippen molar-refractivity contribution >= 4 is 52.5 Å². The largest absolute Gasteiger partial charge is 0.357 e. The molecule has 1 aliphatic rings. The smallest absolute Gasteiger partial charge is 0.133 e. The number of H-pyrrole nitrogens is 1. The molecule has 0 fully saturated rings. The molecule has 1 aromatic carbocycles. The van der Waals surface area contributed by atoms with Gasteiger partial charge in [0.2, 0.25) is 0 Å². The number of nitrogens with one attached hydrogen (secondary N) is 1. The Labute approximate surface area is 142 Å². The van der Waals surface area contributed by atoms with Gasteiger partial charge in [0.1, 0.15) is 4.32 Å². The third-order valence-electron chi connectivity index (χ3n) is 3.93. The van der Waals surface area contributed by atoms with Crippen LogP contribution >= 0.6 is 37.3 Å². The van der Waals surface area contributed by atoms with E-state index in [1.54, 1.807) is 0 Å². The molecule has 1 aromatic heterocycles. The van der Waals surface area contributed by atoms with Crippen LogP contribution in [0.15, 0.2) is 24.3 Å². The molecule has 3 rings (SSSR count). The quantitative estimate of drug-likeness (QED) is 0.648. The Balaban J connectivity index is 0.00000161. The first kappa shape index (κ1) is 16.6. The molecule has 0 amide bonds. The van der Waals surface area contributed by atoms with Crippen LogP contribution in [0.25, 0.3) is 10.9 Å². The monoisotopic (exact) mass is 341 g/mol. The maximum atomic E-state index is 5.31. The molecule has 0 saturated heterocycles. The highest BCUT2D eigenvalue weighted by molar-refractivity contribution is 8.10. The van der Waals surface area contributed by atoms with Crippen LogP contribution < -0.4 is 0 Å². The first-order chi connectivity index (χ1) is 9.56. The summed E-state index contributed by atoms with van der Waals surface area (Å²) in [7, 11) is 4.20. The van der Waals surface area contributed by atoms with Crippen molar-refractivity contribution in [2.24, 2.45) is 0 Å². The van der Waals surface area contributed by atoms with Gasteiger partial charge in [-0.15, -0.1) is 25.0 Å². The number of benzene rings is 1. The molecule has 0 saturated carbocycles. The van der Waals surface area contributed by atoms with E-state index in [1.165, 1.54) is 22.2 Å². The normalized spacial score (nSPS) is 17.7. The minimum atomic E-state index is 0. The molecule has 1 unspecified atom stereocenters. The average Bonchev–Trinajstić information content (AvgIpc) is 2.75. The number of hydrogen-bond acceptors (Lipinski definition) is 2. The molecule has 0 aliphatic carbocycles. The highest BCUT2D eigenvalue weighted by atomic mass is 35.5. The molecular formula is C15H20ClN3S2. The molecule has 1 aliphatic heterocycles. The van der Waals surface area contributed by atoms with E-state index in [-0.39, 0.29) is 12.4 Å². The lowest BCUT2D eigenvalue weighted by molar-refractivity contribution is 0.227. The Kier molecular flexibility index (Phi) is 5.20. The van der Waals surface area contributed by atoms with Crippen molar-refractivity contribution in [2.45, 2.75) is 19.0 Å². The van der Waals surface area contributed by atoms with Gasteiger partial charge in [-0.25, -0.2) is 0 Å². The van der Waals surface area contributed by atoms with Crippen molar-refractivity contribution in [1.82, 2.24) is 14.8 Å². The zero-order valence-electron chi connectivity index (χ0n) is 12.2. The summed E-state index contributed by atoms with van der Waals surface area (Å²) in [5, 5.41) is 1.34. The Morgan fingerprint density at radius 2 is 2.14 bits per heavy atom. The number of hydrogen-bond donors (Lipinski definition) is 2. The summed E-state index contributed by atoms with van der Waals surface area (Å²) < 4.78 is 0.682. The van der Waals surface area contributed by atoms with E-state index in [4.69, 9.17) is 12.2 Å². The number of thiol groups is 1. The molecule has 0 spiro atoms. The number of para-hydroxylation sites is 1. The van der Waals surface area contributed by atoms with Crippen LogP contribution in [0.1, 0.15) is 11.3 Å². The SMILES string of the molecule is CN(C)CC1Cc2c([nH]c3ccccc23)CN1C(=S)S.Cl. The number of likely N-dealkylation sites (N-methyl/N-ethyl adjacent to an activating group) is 1. The molecule has 2 aromatic rings. The van der Waals surface area contributed by atoms with Gasteiger partial charge in [0.15, 0.2) is 0 Å². The number of thiocarbonyl (C=S) groups is 1. The number of halogens is 1. The second-order valence-corrected chi connectivity index (χ2v) is 6.77. The second kappa shape index (κ2) is 6.57. The van der Waals surface area contributed by atoms with Crippen molar-refractivity contribution in [3.8, 4) is 0 Å². The first-order valence-corrected chi connectivity index (χ1v) is 7.64. The number of rotatable bonds is 2. The Hall–Kier alpha value is -0.750. The maximum Gasteiger partial charge on any atom is 0.133 e. The van der Waals surface area contributed by atoms with E-state index < -0.39 is 0 Å². The summed E-state index contributed by atoms with van der Waals surface area (Å²) in [5.74, 6) is 0. The van der Waals surface area contributed by atoms with Crippen LogP contribution in [-0.2, 0) is 13.0 Å². The highest BCUT2D eigenvalue weighted by Gasteiger charge is 2.29. The fourth-order valence-electron chi connectivity index (χ4n) is 3.08. The standard InChI is InChI=1S/C15H19N3S2.ClH/c1-17(2)8-10-7-12-11-5-3-4-6-13(11)16-14(12)9-18(10)15(19)20;/h3-6,10,16H,7-9H2,1-2H3,(H,19,20);1H. The van der Waals surface area contributed by atoms with Crippen molar-refractivity contribution in [2.75, 3.05) is 20.6 Å². The van der Waals surface area contributed by atoms with Crippen molar-refractivity contribution in [3.63, 3.8) is 0 Å². The fraction of sp³-hybridized carbons (Fsp3) is 0.400. The van der Waals surface area contributed by atoms with Gasteiger partial charge < -0.3 is 14.8 Å². The van der Waals surface area contributed by atoms with Gasteiger partial charge in [-0.3, -0.25) is 0 Å². The molecule has 1 atom stereocenters. The topological polar surface area (TPSA) is 22.3 Å². The van der Waals surface area contributed by atoms with E-state index >= 15 is 0 Å². The zero-order chi connectivity index (χ0) is 14.3. The molecular weight excluding hydrogens is 322 g/mol. The first-order valence-electron chi connectivity index (χ1n) is 6.79. The molecule has 21 heavy (non-hydrogen) atoms. The van der Waals surface area contributed by atoms with E-state index in [1.807, 2.05) is 0 Å². The van der Waals surface area contributed by atoms with E-state index in [0.717, 1.165) is 19.5 Å². The minimum Gasteiger partial charge on any atom is -0.357 e. The molecule has 3 nitrogen and oxygen atoms in total. The second-order valence-electron chi connectivity index (χ2n) is 5.66. The van der Waals surface area contributed by atoms with Crippen molar-refractivity contribution in [1.29, 1.82) is 0 Å². The molecule has 6 heteroatoms. The van der Waals surface area contributed by atoms with E-state index in [9.17, 15) is 0 Å². The predicted octanol–water partition coefficient (Wildman–Crippen LogP) is 3.09. The lowest BCUT2D eigenvalue weighted by Crippen LogP contribution is -2.47. The van der Waals surface area contributed by atoms with E-state index in [2.05, 4.69) is 65.8 Å². The highest BCUT2D eigenvalue weighted by Crippen LogP contribution is 2.30. The maximum absolute atomic E-state index is 5.31. The molecule has 0 bridgehead atoms. The number of fused-ring (bicyclic) bond motifs is 3. The Bertz CT molecular complexity index is 653. The predicted molar refractivity (Wildman–Crippen MR) is 98.7 cm³/mol. The van der Waals surface area contributed by atoms with Gasteiger partial charge in [-0.05, 0) is 32.1 Å². The van der Waals surface area contributed by atoms with Gasteiger partial charge in [0, 0.05) is 29.2 Å². The summed E-state index contributed by atoms with van der Waals surface area (Å²) in [5.41, 5.74) is 3.93. The summed E-state index contributed by atoms with van der Waals surface area (Å²) in [4.78, 5) is 7.96.